The maximum atomic E-state index is 7.40. The summed E-state index contributed by atoms with van der Waals surface area (Å²) in [6.07, 6.45) is 0. The SMILES string of the molecule is [C-]#[N+]c1cc(OC)c(OC)cc1-c1ccc(OC)cc1OC. The molecule has 0 atom stereocenters. The molecule has 0 radical (unpaired) electrons. The van der Waals surface area contributed by atoms with Gasteiger partial charge in [0.1, 0.15) is 17.2 Å². The second-order valence-corrected chi connectivity index (χ2v) is 4.40. The van der Waals surface area contributed by atoms with E-state index < -0.39 is 0 Å². The van der Waals surface area contributed by atoms with E-state index in [1.807, 2.05) is 12.1 Å². The fourth-order valence-electron chi connectivity index (χ4n) is 2.20. The van der Waals surface area contributed by atoms with Gasteiger partial charge in [0.25, 0.3) is 0 Å². The lowest BCUT2D eigenvalue weighted by atomic mass is 10.0. The highest BCUT2D eigenvalue weighted by Gasteiger charge is 2.16. The summed E-state index contributed by atoms with van der Waals surface area (Å²) in [6.45, 7) is 7.40. The van der Waals surface area contributed by atoms with Crippen molar-refractivity contribution < 1.29 is 18.9 Å². The second-order valence-electron chi connectivity index (χ2n) is 4.40. The summed E-state index contributed by atoms with van der Waals surface area (Å²) in [4.78, 5) is 3.58. The van der Waals surface area contributed by atoms with Crippen molar-refractivity contribution in [1.82, 2.24) is 0 Å². The molecule has 0 aliphatic heterocycles. The third-order valence-electron chi connectivity index (χ3n) is 3.32. The Morgan fingerprint density at radius 2 is 1.36 bits per heavy atom. The highest BCUT2D eigenvalue weighted by atomic mass is 16.5. The van der Waals surface area contributed by atoms with Crippen LogP contribution in [0.2, 0.25) is 0 Å². The molecule has 5 nitrogen and oxygen atoms in total. The molecular formula is C17H17NO4. The molecule has 0 bridgehead atoms. The van der Waals surface area contributed by atoms with E-state index in [1.165, 1.54) is 0 Å². The molecule has 114 valence electrons. The molecule has 0 aliphatic rings. The molecule has 2 aromatic carbocycles. The van der Waals surface area contributed by atoms with E-state index in [-0.39, 0.29) is 0 Å². The van der Waals surface area contributed by atoms with Crippen molar-refractivity contribution in [1.29, 1.82) is 0 Å². The predicted octanol–water partition coefficient (Wildman–Crippen LogP) is 3.94. The lowest BCUT2D eigenvalue weighted by Gasteiger charge is -2.15. The third-order valence-corrected chi connectivity index (χ3v) is 3.32. The Morgan fingerprint density at radius 1 is 0.727 bits per heavy atom. The summed E-state index contributed by atoms with van der Waals surface area (Å²) in [5.74, 6) is 2.38. The minimum atomic E-state index is 0.459. The van der Waals surface area contributed by atoms with Crippen LogP contribution in [0.25, 0.3) is 16.0 Å². The van der Waals surface area contributed by atoms with Gasteiger partial charge in [-0.15, -0.1) is 0 Å². The van der Waals surface area contributed by atoms with Crippen molar-refractivity contribution in [2.45, 2.75) is 0 Å². The molecule has 0 N–H and O–H groups in total. The van der Waals surface area contributed by atoms with Crippen LogP contribution in [-0.2, 0) is 0 Å². The number of hydrogen-bond donors (Lipinski definition) is 0. The van der Waals surface area contributed by atoms with Gasteiger partial charge in [0.05, 0.1) is 35.0 Å². The maximum absolute atomic E-state index is 7.40. The molecular weight excluding hydrogens is 282 g/mol. The summed E-state index contributed by atoms with van der Waals surface area (Å²) < 4.78 is 21.2. The first-order chi connectivity index (χ1) is 10.7. The zero-order chi connectivity index (χ0) is 16.1. The van der Waals surface area contributed by atoms with Crippen LogP contribution in [-0.4, -0.2) is 28.4 Å². The number of nitrogens with zero attached hydrogens (tertiary/aromatic N) is 1. The minimum Gasteiger partial charge on any atom is -0.497 e. The van der Waals surface area contributed by atoms with Crippen molar-refractivity contribution >= 4 is 5.69 Å². The summed E-state index contributed by atoms with van der Waals surface area (Å²) >= 11 is 0. The van der Waals surface area contributed by atoms with Gasteiger partial charge in [0, 0.05) is 11.6 Å². The number of methoxy groups -OCH3 is 4. The Balaban J connectivity index is 2.69. The molecule has 0 amide bonds. The van der Waals surface area contributed by atoms with Crippen LogP contribution in [0.5, 0.6) is 23.0 Å². The van der Waals surface area contributed by atoms with Crippen molar-refractivity contribution in [3.05, 3.63) is 41.7 Å². The summed E-state index contributed by atoms with van der Waals surface area (Å²) in [5, 5.41) is 0. The van der Waals surface area contributed by atoms with Crippen LogP contribution in [0.1, 0.15) is 0 Å². The van der Waals surface area contributed by atoms with Crippen LogP contribution < -0.4 is 18.9 Å². The molecule has 0 saturated heterocycles. The van der Waals surface area contributed by atoms with Crippen LogP contribution >= 0.6 is 0 Å². The van der Waals surface area contributed by atoms with E-state index in [1.54, 1.807) is 46.6 Å². The lowest BCUT2D eigenvalue weighted by molar-refractivity contribution is 0.355. The van der Waals surface area contributed by atoms with E-state index in [9.17, 15) is 0 Å². The Labute approximate surface area is 129 Å². The average molecular weight is 299 g/mol. The molecule has 0 aliphatic carbocycles. The topological polar surface area (TPSA) is 41.3 Å². The van der Waals surface area contributed by atoms with Crippen LogP contribution in [0.3, 0.4) is 0 Å². The van der Waals surface area contributed by atoms with Gasteiger partial charge in [-0.3, -0.25) is 0 Å². The van der Waals surface area contributed by atoms with E-state index in [2.05, 4.69) is 4.85 Å². The average Bonchev–Trinajstić information content (AvgIpc) is 2.59. The zero-order valence-electron chi connectivity index (χ0n) is 13.0. The van der Waals surface area contributed by atoms with Crippen LogP contribution in [0, 0.1) is 6.57 Å². The smallest absolute Gasteiger partial charge is 0.198 e. The molecule has 22 heavy (non-hydrogen) atoms. The Hall–Kier alpha value is -2.87. The molecule has 0 aromatic heterocycles. The van der Waals surface area contributed by atoms with Gasteiger partial charge >= 0.3 is 0 Å². The second kappa shape index (κ2) is 6.72. The van der Waals surface area contributed by atoms with Gasteiger partial charge in [-0.25, -0.2) is 4.85 Å². The molecule has 0 saturated carbocycles. The van der Waals surface area contributed by atoms with Gasteiger partial charge in [-0.1, -0.05) is 0 Å². The first kappa shape index (κ1) is 15.5. The predicted molar refractivity (Wildman–Crippen MR) is 84.3 cm³/mol. The number of rotatable bonds is 5. The van der Waals surface area contributed by atoms with Gasteiger partial charge in [-0.05, 0) is 29.8 Å². The van der Waals surface area contributed by atoms with Crippen LogP contribution in [0.4, 0.5) is 5.69 Å². The van der Waals surface area contributed by atoms with Crippen molar-refractivity contribution in [2.75, 3.05) is 28.4 Å². The van der Waals surface area contributed by atoms with Gasteiger partial charge in [0.15, 0.2) is 11.4 Å². The number of ether oxygens (including phenoxy) is 4. The molecule has 0 unspecified atom stereocenters. The molecule has 0 heterocycles. The quantitative estimate of drug-likeness (QED) is 0.784. The molecule has 5 heteroatoms. The summed E-state index contributed by atoms with van der Waals surface area (Å²) in [7, 11) is 6.27. The Morgan fingerprint density at radius 3 is 1.91 bits per heavy atom. The largest absolute Gasteiger partial charge is 0.497 e. The first-order valence-electron chi connectivity index (χ1n) is 6.54. The van der Waals surface area contributed by atoms with E-state index in [0.717, 1.165) is 5.56 Å². The Kier molecular flexibility index (Phi) is 4.74. The zero-order valence-corrected chi connectivity index (χ0v) is 13.0. The highest BCUT2D eigenvalue weighted by Crippen LogP contribution is 2.44. The molecule has 2 aromatic rings. The number of benzene rings is 2. The van der Waals surface area contributed by atoms with Gasteiger partial charge < -0.3 is 18.9 Å². The molecule has 0 spiro atoms. The van der Waals surface area contributed by atoms with E-state index in [4.69, 9.17) is 25.5 Å². The fraction of sp³-hybridized carbons (Fsp3) is 0.235. The highest BCUT2D eigenvalue weighted by molar-refractivity contribution is 5.85. The van der Waals surface area contributed by atoms with Crippen molar-refractivity contribution in [3.63, 3.8) is 0 Å². The van der Waals surface area contributed by atoms with E-state index >= 15 is 0 Å². The molecule has 2 rings (SSSR count). The maximum Gasteiger partial charge on any atom is 0.198 e. The van der Waals surface area contributed by atoms with Gasteiger partial charge in [0.2, 0.25) is 0 Å². The first-order valence-corrected chi connectivity index (χ1v) is 6.54. The van der Waals surface area contributed by atoms with Crippen molar-refractivity contribution in [2.24, 2.45) is 0 Å². The number of hydrogen-bond acceptors (Lipinski definition) is 4. The van der Waals surface area contributed by atoms with E-state index in [0.29, 0.717) is 34.2 Å². The minimum absolute atomic E-state index is 0.459. The van der Waals surface area contributed by atoms with Crippen molar-refractivity contribution in [3.8, 4) is 34.1 Å². The van der Waals surface area contributed by atoms with Gasteiger partial charge in [-0.2, -0.15) is 0 Å². The Bertz CT molecular complexity index is 719. The lowest BCUT2D eigenvalue weighted by Crippen LogP contribution is -1.94. The molecule has 0 fully saturated rings. The summed E-state index contributed by atoms with van der Waals surface area (Å²) in [5.41, 5.74) is 1.96. The summed E-state index contributed by atoms with van der Waals surface area (Å²) in [6, 6.07) is 8.89. The standard InChI is InChI=1S/C17H17NO4/c1-18-14-10-17(22-5)16(21-4)9-13(14)12-7-6-11(19-2)8-15(12)20-3/h6-10H,2-5H3. The normalized spacial score (nSPS) is 9.77. The van der Waals surface area contributed by atoms with Crippen LogP contribution in [0.15, 0.2) is 30.3 Å². The fourth-order valence-corrected chi connectivity index (χ4v) is 2.20. The third kappa shape index (κ3) is 2.77. The monoisotopic (exact) mass is 299 g/mol.